The quantitative estimate of drug-likeness (QED) is 0.618. The van der Waals surface area contributed by atoms with Gasteiger partial charge in [-0.05, 0) is 44.2 Å². The number of hydrogen-bond acceptors (Lipinski definition) is 4. The van der Waals surface area contributed by atoms with Gasteiger partial charge < -0.3 is 15.0 Å². The smallest absolute Gasteiger partial charge is 0.265 e. The van der Waals surface area contributed by atoms with E-state index in [1.807, 2.05) is 38.1 Å². The van der Waals surface area contributed by atoms with Crippen LogP contribution in [0.3, 0.4) is 0 Å². The number of ether oxygens (including phenoxy) is 1. The average Bonchev–Trinajstić information content (AvgIpc) is 2.81. The number of aromatic nitrogens is 1. The van der Waals surface area contributed by atoms with Crippen molar-refractivity contribution in [3.05, 3.63) is 58.2 Å². The topological polar surface area (TPSA) is 71.5 Å². The summed E-state index contributed by atoms with van der Waals surface area (Å²) in [5.41, 5.74) is 2.50. The minimum absolute atomic E-state index is 0.141. The number of aryl methyl sites for hydroxylation is 1. The van der Waals surface area contributed by atoms with Crippen LogP contribution in [0.15, 0.2) is 42.5 Å². The van der Waals surface area contributed by atoms with Crippen LogP contribution in [0.1, 0.15) is 19.0 Å². The Morgan fingerprint density at radius 2 is 2.00 bits per heavy atom. The number of hydrogen-bond donors (Lipinski definition) is 1. The summed E-state index contributed by atoms with van der Waals surface area (Å²) in [7, 11) is 0. The van der Waals surface area contributed by atoms with Crippen LogP contribution in [0.4, 0.5) is 11.4 Å². The first-order valence-electron chi connectivity index (χ1n) is 9.44. The molecule has 0 saturated heterocycles. The van der Waals surface area contributed by atoms with E-state index in [1.165, 1.54) is 0 Å². The predicted octanol–water partition coefficient (Wildman–Crippen LogP) is 4.99. The van der Waals surface area contributed by atoms with Crippen molar-refractivity contribution in [3.8, 4) is 5.75 Å². The molecule has 3 aromatic rings. The number of nitrogens with zero attached hydrogens (tertiary/aromatic N) is 2. The number of halogens is 2. The monoisotopic (exact) mass is 443 g/mol. The van der Waals surface area contributed by atoms with Crippen LogP contribution in [0, 0.1) is 6.92 Å². The molecule has 0 bridgehead atoms. The fourth-order valence-corrected chi connectivity index (χ4v) is 4.17. The maximum atomic E-state index is 13.2. The zero-order valence-electron chi connectivity index (χ0n) is 16.4. The lowest BCUT2D eigenvalue weighted by atomic mass is 10.1. The van der Waals surface area contributed by atoms with Gasteiger partial charge in [0.15, 0.2) is 12.4 Å². The molecule has 1 aliphatic rings. The predicted molar refractivity (Wildman–Crippen MR) is 119 cm³/mol. The Morgan fingerprint density at radius 3 is 2.80 bits per heavy atom. The largest absolute Gasteiger partial charge is 0.480 e. The SMILES string of the molecule is Cc1ccc2c(Cl)cc(Cl)c(OCC(=O)N3c4ccccc4NC(=O)C[C@H]3C)c2n1. The summed E-state index contributed by atoms with van der Waals surface area (Å²) in [5, 5.41) is 4.27. The van der Waals surface area contributed by atoms with E-state index < -0.39 is 0 Å². The van der Waals surface area contributed by atoms with Crippen molar-refractivity contribution in [1.29, 1.82) is 0 Å². The minimum Gasteiger partial charge on any atom is -0.480 e. The highest BCUT2D eigenvalue weighted by molar-refractivity contribution is 6.39. The van der Waals surface area contributed by atoms with E-state index in [9.17, 15) is 9.59 Å². The molecule has 4 rings (SSSR count). The van der Waals surface area contributed by atoms with Crippen molar-refractivity contribution in [2.24, 2.45) is 0 Å². The second-order valence-corrected chi connectivity index (χ2v) is 8.00. The van der Waals surface area contributed by atoms with Crippen LogP contribution in [-0.2, 0) is 9.59 Å². The summed E-state index contributed by atoms with van der Waals surface area (Å²) >= 11 is 12.6. The summed E-state index contributed by atoms with van der Waals surface area (Å²) in [6, 6.07) is 12.1. The van der Waals surface area contributed by atoms with Gasteiger partial charge in [-0.2, -0.15) is 0 Å². The molecule has 0 radical (unpaired) electrons. The first-order valence-corrected chi connectivity index (χ1v) is 10.2. The fourth-order valence-electron chi connectivity index (χ4n) is 3.60. The number of para-hydroxylation sites is 2. The van der Waals surface area contributed by atoms with Crippen LogP contribution in [0.25, 0.3) is 10.9 Å². The summed E-state index contributed by atoms with van der Waals surface area (Å²) in [6.45, 7) is 3.41. The first kappa shape index (κ1) is 20.4. The Labute approximate surface area is 183 Å². The molecule has 1 N–H and O–H groups in total. The van der Waals surface area contributed by atoms with Gasteiger partial charge in [-0.3, -0.25) is 9.59 Å². The molecule has 1 aromatic heterocycles. The molecule has 0 aliphatic carbocycles. The number of nitrogens with one attached hydrogen (secondary N) is 1. The van der Waals surface area contributed by atoms with Crippen molar-refractivity contribution in [1.82, 2.24) is 4.98 Å². The number of rotatable bonds is 3. The maximum absolute atomic E-state index is 13.2. The number of pyridine rings is 1. The number of benzene rings is 2. The number of carbonyl (C=O) groups excluding carboxylic acids is 2. The Bertz CT molecular complexity index is 1170. The molecular weight excluding hydrogens is 425 g/mol. The van der Waals surface area contributed by atoms with Gasteiger partial charge in [-0.1, -0.05) is 35.3 Å². The zero-order chi connectivity index (χ0) is 21.4. The molecule has 2 amide bonds. The molecule has 2 aromatic carbocycles. The van der Waals surface area contributed by atoms with Gasteiger partial charge in [0.05, 0.1) is 21.4 Å². The number of carbonyl (C=O) groups is 2. The number of amides is 2. The van der Waals surface area contributed by atoms with Crippen LogP contribution in [0.5, 0.6) is 5.75 Å². The highest BCUT2D eigenvalue weighted by atomic mass is 35.5. The first-order chi connectivity index (χ1) is 14.3. The normalized spacial score (nSPS) is 16.1. The Kier molecular flexibility index (Phi) is 5.54. The molecule has 1 atom stereocenters. The summed E-state index contributed by atoms with van der Waals surface area (Å²) < 4.78 is 5.86. The van der Waals surface area contributed by atoms with E-state index in [4.69, 9.17) is 27.9 Å². The van der Waals surface area contributed by atoms with Crippen LogP contribution < -0.4 is 15.0 Å². The minimum atomic E-state index is -0.331. The average molecular weight is 444 g/mol. The second-order valence-electron chi connectivity index (χ2n) is 7.19. The molecule has 0 fully saturated rings. The van der Waals surface area contributed by atoms with Gasteiger partial charge in [-0.15, -0.1) is 0 Å². The zero-order valence-corrected chi connectivity index (χ0v) is 17.9. The van der Waals surface area contributed by atoms with Gasteiger partial charge in [-0.25, -0.2) is 4.98 Å². The van der Waals surface area contributed by atoms with Gasteiger partial charge in [0.1, 0.15) is 5.52 Å². The lowest BCUT2D eigenvalue weighted by Gasteiger charge is -2.28. The molecule has 0 saturated carbocycles. The fraction of sp³-hybridized carbons (Fsp3) is 0.227. The van der Waals surface area contributed by atoms with Gasteiger partial charge in [0.2, 0.25) is 5.91 Å². The van der Waals surface area contributed by atoms with E-state index in [-0.39, 0.29) is 35.9 Å². The standard InChI is InChI=1S/C22H19Cl2N3O3/c1-12-7-8-14-15(23)10-16(24)22(21(14)25-12)30-11-20(29)27-13(2)9-19(28)26-17-5-3-4-6-18(17)27/h3-8,10,13H,9,11H2,1-2H3,(H,26,28)/t13-/m1/s1. The molecule has 6 nitrogen and oxygen atoms in total. The molecule has 8 heteroatoms. The summed E-state index contributed by atoms with van der Waals surface area (Å²) in [4.78, 5) is 31.4. The van der Waals surface area contributed by atoms with Crippen molar-refractivity contribution < 1.29 is 14.3 Å². The summed E-state index contributed by atoms with van der Waals surface area (Å²) in [6.07, 6.45) is 0.186. The molecule has 2 heterocycles. The number of fused-ring (bicyclic) bond motifs is 2. The Hall–Kier alpha value is -2.83. The van der Waals surface area contributed by atoms with E-state index in [0.717, 1.165) is 5.69 Å². The molecular formula is C22H19Cl2N3O3. The second kappa shape index (κ2) is 8.13. The van der Waals surface area contributed by atoms with E-state index in [2.05, 4.69) is 10.3 Å². The molecule has 0 spiro atoms. The lowest BCUT2D eigenvalue weighted by Crippen LogP contribution is -2.41. The Balaban J connectivity index is 1.66. The highest BCUT2D eigenvalue weighted by Gasteiger charge is 2.30. The third-order valence-corrected chi connectivity index (χ3v) is 5.54. The van der Waals surface area contributed by atoms with Crippen molar-refractivity contribution in [3.63, 3.8) is 0 Å². The maximum Gasteiger partial charge on any atom is 0.265 e. The molecule has 154 valence electrons. The lowest BCUT2D eigenvalue weighted by molar-refractivity contribution is -0.121. The van der Waals surface area contributed by atoms with E-state index in [0.29, 0.717) is 33.0 Å². The van der Waals surface area contributed by atoms with Crippen molar-refractivity contribution in [2.45, 2.75) is 26.3 Å². The molecule has 0 unspecified atom stereocenters. The molecule has 1 aliphatic heterocycles. The van der Waals surface area contributed by atoms with Gasteiger partial charge in [0.25, 0.3) is 5.91 Å². The van der Waals surface area contributed by atoms with Crippen LogP contribution >= 0.6 is 23.2 Å². The third kappa shape index (κ3) is 3.80. The van der Waals surface area contributed by atoms with Gasteiger partial charge >= 0.3 is 0 Å². The summed E-state index contributed by atoms with van der Waals surface area (Å²) in [5.74, 6) is -0.131. The van der Waals surface area contributed by atoms with E-state index >= 15 is 0 Å². The molecule has 30 heavy (non-hydrogen) atoms. The van der Waals surface area contributed by atoms with E-state index in [1.54, 1.807) is 23.1 Å². The van der Waals surface area contributed by atoms with Gasteiger partial charge in [0, 0.05) is 23.5 Å². The highest BCUT2D eigenvalue weighted by Crippen LogP contribution is 2.38. The van der Waals surface area contributed by atoms with Crippen molar-refractivity contribution >= 4 is 57.3 Å². The van der Waals surface area contributed by atoms with Crippen LogP contribution in [0.2, 0.25) is 10.0 Å². The van der Waals surface area contributed by atoms with Crippen LogP contribution in [-0.4, -0.2) is 29.4 Å². The van der Waals surface area contributed by atoms with Crippen molar-refractivity contribution in [2.75, 3.05) is 16.8 Å². The Morgan fingerprint density at radius 1 is 1.23 bits per heavy atom. The third-order valence-electron chi connectivity index (χ3n) is 4.95. The number of anilines is 2.